The molecule has 0 atom stereocenters. The molecule has 0 aliphatic heterocycles. The maximum Gasteiger partial charge on any atom is 0.267 e. The van der Waals surface area contributed by atoms with Crippen LogP contribution in [0.5, 0.6) is 0 Å². The molecule has 0 aromatic carbocycles. The van der Waals surface area contributed by atoms with Crippen LogP contribution in [0.15, 0.2) is 27.6 Å². The molecule has 2 N–H and O–H groups in total. The monoisotopic (exact) mass is 309 g/mol. The number of nitrogens with zero attached hydrogens (tertiary/aromatic N) is 1. The Morgan fingerprint density at radius 3 is 2.86 bits per heavy atom. The highest BCUT2D eigenvalue weighted by atomic mass is 35.5. The van der Waals surface area contributed by atoms with Crippen LogP contribution in [0.4, 0.5) is 0 Å². The van der Waals surface area contributed by atoms with E-state index in [-0.39, 0.29) is 18.0 Å². The Kier molecular flexibility index (Phi) is 5.59. The van der Waals surface area contributed by atoms with E-state index >= 15 is 0 Å². The lowest BCUT2D eigenvalue weighted by Gasteiger charge is -2.17. The van der Waals surface area contributed by atoms with Crippen LogP contribution in [-0.4, -0.2) is 16.7 Å². The average molecular weight is 310 g/mol. The largest absolute Gasteiger partial charge is 0.468 e. The van der Waals surface area contributed by atoms with Gasteiger partial charge in [-0.1, -0.05) is 0 Å². The van der Waals surface area contributed by atoms with E-state index in [1.54, 1.807) is 6.26 Å². The molecule has 0 saturated heterocycles. The summed E-state index contributed by atoms with van der Waals surface area (Å²) in [6, 6.07) is 3.84. The second-order valence-corrected chi connectivity index (χ2v) is 5.17. The number of H-pyrrole nitrogens is 1. The minimum Gasteiger partial charge on any atom is -0.468 e. The highest BCUT2D eigenvalue weighted by Crippen LogP contribution is 2.20. The van der Waals surface area contributed by atoms with E-state index in [0.29, 0.717) is 0 Å². The number of hydrogen-bond donors (Lipinski definition) is 2. The Bertz CT molecular complexity index is 622. The lowest BCUT2D eigenvalue weighted by Crippen LogP contribution is -2.25. The van der Waals surface area contributed by atoms with E-state index < -0.39 is 0 Å². The quantitative estimate of drug-likeness (QED) is 0.829. The Hall–Kier alpha value is -1.59. The van der Waals surface area contributed by atoms with Gasteiger partial charge in [-0.2, -0.15) is 5.10 Å². The van der Waals surface area contributed by atoms with Crippen LogP contribution < -0.4 is 10.9 Å². The van der Waals surface area contributed by atoms with Crippen molar-refractivity contribution < 1.29 is 4.42 Å². The molecule has 0 fully saturated rings. The number of rotatable bonds is 5. The van der Waals surface area contributed by atoms with Crippen molar-refractivity contribution in [1.29, 1.82) is 0 Å². The van der Waals surface area contributed by atoms with Gasteiger partial charge in [-0.3, -0.25) is 4.79 Å². The van der Waals surface area contributed by atoms with Gasteiger partial charge in [0, 0.05) is 18.5 Å². The second kappa shape index (κ2) is 7.43. The van der Waals surface area contributed by atoms with Gasteiger partial charge in [0.05, 0.1) is 18.5 Å². The molecular weight excluding hydrogens is 290 g/mol. The first-order valence-electron chi connectivity index (χ1n) is 7.17. The molecule has 0 amide bonds. The summed E-state index contributed by atoms with van der Waals surface area (Å²) in [4.78, 5) is 11.8. The lowest BCUT2D eigenvalue weighted by atomic mass is 9.91. The number of nitrogens with one attached hydrogen (secondary N) is 2. The van der Waals surface area contributed by atoms with Crippen LogP contribution in [-0.2, 0) is 25.8 Å². The first-order chi connectivity index (χ1) is 9.84. The summed E-state index contributed by atoms with van der Waals surface area (Å²) < 4.78 is 5.27. The Morgan fingerprint density at radius 2 is 2.10 bits per heavy atom. The molecule has 0 unspecified atom stereocenters. The van der Waals surface area contributed by atoms with Crippen LogP contribution in [0.2, 0.25) is 0 Å². The zero-order chi connectivity index (χ0) is 13.8. The molecule has 0 saturated carbocycles. The molecule has 2 aromatic rings. The summed E-state index contributed by atoms with van der Waals surface area (Å²) in [5, 5.41) is 10.2. The van der Waals surface area contributed by atoms with Crippen LogP contribution in [0.25, 0.3) is 0 Å². The standard InChI is InChI=1S/C15H19N3O2.ClH/c19-15-13-6-2-1-5-12(13)14(17-18-15)7-8-16-10-11-4-3-9-20-11;/h3-4,9,16H,1-2,5-8,10H2,(H,18,19);1H. The van der Waals surface area contributed by atoms with Gasteiger partial charge in [0.15, 0.2) is 0 Å². The number of furan rings is 1. The lowest BCUT2D eigenvalue weighted by molar-refractivity contribution is 0.483. The van der Waals surface area contributed by atoms with Crippen molar-refractivity contribution in [3.05, 3.63) is 51.3 Å². The molecule has 3 rings (SSSR count). The predicted molar refractivity (Wildman–Crippen MR) is 82.9 cm³/mol. The second-order valence-electron chi connectivity index (χ2n) is 5.17. The number of fused-ring (bicyclic) bond motifs is 1. The van der Waals surface area contributed by atoms with Gasteiger partial charge < -0.3 is 9.73 Å². The predicted octanol–water partition coefficient (Wildman–Crippen LogP) is 2.00. The summed E-state index contributed by atoms with van der Waals surface area (Å²) in [6.07, 6.45) is 6.65. The van der Waals surface area contributed by atoms with E-state index in [1.165, 1.54) is 5.56 Å². The van der Waals surface area contributed by atoms with Crippen LogP contribution in [0.1, 0.15) is 35.4 Å². The highest BCUT2D eigenvalue weighted by Gasteiger charge is 2.17. The van der Waals surface area contributed by atoms with Crippen molar-refractivity contribution in [2.75, 3.05) is 6.54 Å². The molecule has 6 heteroatoms. The number of hydrogen-bond acceptors (Lipinski definition) is 4. The Morgan fingerprint density at radius 1 is 1.29 bits per heavy atom. The maximum absolute atomic E-state index is 11.8. The zero-order valence-corrected chi connectivity index (χ0v) is 12.7. The minimum absolute atomic E-state index is 0. The summed E-state index contributed by atoms with van der Waals surface area (Å²) >= 11 is 0. The Balaban J connectivity index is 0.00000161. The Labute approximate surface area is 129 Å². The fourth-order valence-electron chi connectivity index (χ4n) is 2.77. The molecule has 2 heterocycles. The van der Waals surface area contributed by atoms with Crippen LogP contribution in [0, 0.1) is 0 Å². The van der Waals surface area contributed by atoms with Gasteiger partial charge in [-0.25, -0.2) is 5.10 Å². The summed E-state index contributed by atoms with van der Waals surface area (Å²) in [7, 11) is 0. The van der Waals surface area contributed by atoms with Gasteiger partial charge in [-0.05, 0) is 43.4 Å². The maximum atomic E-state index is 11.8. The molecule has 0 bridgehead atoms. The van der Waals surface area contributed by atoms with Gasteiger partial charge in [-0.15, -0.1) is 12.4 Å². The van der Waals surface area contributed by atoms with Crippen molar-refractivity contribution in [2.24, 2.45) is 0 Å². The molecular formula is C15H20ClN3O2. The highest BCUT2D eigenvalue weighted by molar-refractivity contribution is 5.85. The van der Waals surface area contributed by atoms with Gasteiger partial charge in [0.25, 0.3) is 5.56 Å². The van der Waals surface area contributed by atoms with Gasteiger partial charge in [0.2, 0.25) is 0 Å². The van der Waals surface area contributed by atoms with Gasteiger partial charge >= 0.3 is 0 Å². The fraction of sp³-hybridized carbons (Fsp3) is 0.467. The van der Waals surface area contributed by atoms with Gasteiger partial charge in [0.1, 0.15) is 5.76 Å². The normalized spacial score (nSPS) is 13.5. The first-order valence-corrected chi connectivity index (χ1v) is 7.17. The number of aromatic amines is 1. The molecule has 5 nitrogen and oxygen atoms in total. The van der Waals surface area contributed by atoms with Crippen molar-refractivity contribution in [1.82, 2.24) is 15.5 Å². The third kappa shape index (κ3) is 3.74. The van der Waals surface area contributed by atoms with E-state index in [1.807, 2.05) is 12.1 Å². The summed E-state index contributed by atoms with van der Waals surface area (Å²) in [5.41, 5.74) is 3.16. The third-order valence-corrected chi connectivity index (χ3v) is 3.80. The van der Waals surface area contributed by atoms with Crippen molar-refractivity contribution >= 4 is 12.4 Å². The van der Waals surface area contributed by atoms with Crippen molar-refractivity contribution in [3.63, 3.8) is 0 Å². The molecule has 2 aromatic heterocycles. The third-order valence-electron chi connectivity index (χ3n) is 3.80. The average Bonchev–Trinajstić information content (AvgIpc) is 2.99. The SMILES string of the molecule is Cl.O=c1[nH]nc(CCNCc2ccco2)c2c1CCCC2. The van der Waals surface area contributed by atoms with E-state index in [9.17, 15) is 4.79 Å². The smallest absolute Gasteiger partial charge is 0.267 e. The molecule has 0 radical (unpaired) electrons. The summed E-state index contributed by atoms with van der Waals surface area (Å²) in [6.45, 7) is 1.55. The van der Waals surface area contributed by atoms with Crippen molar-refractivity contribution in [3.8, 4) is 0 Å². The van der Waals surface area contributed by atoms with Crippen LogP contribution in [0.3, 0.4) is 0 Å². The number of aromatic nitrogens is 2. The van der Waals surface area contributed by atoms with E-state index in [4.69, 9.17) is 4.42 Å². The molecule has 1 aliphatic carbocycles. The van der Waals surface area contributed by atoms with Crippen LogP contribution >= 0.6 is 12.4 Å². The van der Waals surface area contributed by atoms with Crippen molar-refractivity contribution in [2.45, 2.75) is 38.6 Å². The number of halogens is 1. The fourth-order valence-corrected chi connectivity index (χ4v) is 2.77. The minimum atomic E-state index is -0.00741. The first kappa shape index (κ1) is 15.8. The summed E-state index contributed by atoms with van der Waals surface area (Å²) in [5.74, 6) is 0.932. The molecule has 114 valence electrons. The van der Waals surface area contributed by atoms with E-state index in [2.05, 4.69) is 15.5 Å². The topological polar surface area (TPSA) is 70.9 Å². The zero-order valence-electron chi connectivity index (χ0n) is 11.9. The molecule has 1 aliphatic rings. The molecule has 21 heavy (non-hydrogen) atoms. The van der Waals surface area contributed by atoms with E-state index in [0.717, 1.165) is 62.2 Å². The molecule has 0 spiro atoms.